The number of likely N-dealkylation sites (tertiary alicyclic amines) is 1. The maximum Gasteiger partial charge on any atom is 0.222 e. The number of rotatable bonds is 3. The smallest absolute Gasteiger partial charge is 0.222 e. The molecule has 0 unspecified atom stereocenters. The number of carbonyl (C=O) groups is 1. The monoisotopic (exact) mass is 316 g/mol. The van der Waals surface area contributed by atoms with Crippen LogP contribution in [0.3, 0.4) is 0 Å². The minimum absolute atomic E-state index is 0.269. The molecule has 0 aliphatic carbocycles. The first-order valence-electron chi connectivity index (χ1n) is 8.86. The number of nitrogens with one attached hydrogen (secondary N) is 1. The number of fused-ring (bicyclic) bond motifs is 1. The van der Waals surface area contributed by atoms with Gasteiger partial charge < -0.3 is 15.0 Å². The third-order valence-corrected chi connectivity index (χ3v) is 4.99. The second kappa shape index (κ2) is 6.91. The molecule has 0 saturated carbocycles. The van der Waals surface area contributed by atoms with Gasteiger partial charge in [-0.25, -0.2) is 0 Å². The van der Waals surface area contributed by atoms with Gasteiger partial charge in [0.25, 0.3) is 0 Å². The van der Waals surface area contributed by atoms with E-state index in [-0.39, 0.29) is 5.91 Å². The molecule has 0 aromatic heterocycles. The Morgan fingerprint density at radius 3 is 2.96 bits per heavy atom. The molecule has 4 nitrogen and oxygen atoms in total. The Morgan fingerprint density at radius 2 is 2.17 bits per heavy atom. The van der Waals surface area contributed by atoms with Crippen molar-refractivity contribution in [3.63, 3.8) is 0 Å². The number of amides is 1. The summed E-state index contributed by atoms with van der Waals surface area (Å²) in [6.45, 7) is 8.73. The van der Waals surface area contributed by atoms with Crippen LogP contribution >= 0.6 is 0 Å². The van der Waals surface area contributed by atoms with E-state index in [9.17, 15) is 4.79 Å². The molecule has 2 aliphatic heterocycles. The standard InChI is InChI=1S/C19H28N2O2/c1-4-18(22)21-8-7-15(12-21)20-17-6-5-9-23-19-14(3)10-13(2)11-16(17)19/h10-11,15,17,20H,4-9,12H2,1-3H3/t15-,17-/m0/s1. The fourth-order valence-electron chi connectivity index (χ4n) is 3.86. The van der Waals surface area contributed by atoms with E-state index in [2.05, 4.69) is 31.3 Å². The normalized spacial score (nSPS) is 24.0. The number of carbonyl (C=O) groups excluding carboxylic acids is 1. The fraction of sp³-hybridized carbons (Fsp3) is 0.632. The first-order valence-corrected chi connectivity index (χ1v) is 8.86. The molecular formula is C19H28N2O2. The van der Waals surface area contributed by atoms with Crippen molar-refractivity contribution < 1.29 is 9.53 Å². The highest BCUT2D eigenvalue weighted by Crippen LogP contribution is 2.35. The lowest BCUT2D eigenvalue weighted by atomic mass is 9.96. The third kappa shape index (κ3) is 3.52. The highest BCUT2D eigenvalue weighted by atomic mass is 16.5. The summed E-state index contributed by atoms with van der Waals surface area (Å²) in [5.41, 5.74) is 3.80. The molecule has 4 heteroatoms. The molecule has 1 aromatic rings. The zero-order valence-electron chi connectivity index (χ0n) is 14.5. The number of aryl methyl sites for hydroxylation is 2. The van der Waals surface area contributed by atoms with Crippen molar-refractivity contribution in [1.29, 1.82) is 0 Å². The molecule has 1 fully saturated rings. The lowest BCUT2D eigenvalue weighted by Gasteiger charge is -2.24. The Balaban J connectivity index is 1.75. The SMILES string of the molecule is CCC(=O)N1CC[C@H](N[C@H]2CCCOc3c(C)cc(C)cc32)C1. The number of hydrogen-bond acceptors (Lipinski definition) is 3. The van der Waals surface area contributed by atoms with E-state index in [0.717, 1.165) is 44.7 Å². The van der Waals surface area contributed by atoms with Crippen LogP contribution in [0.15, 0.2) is 12.1 Å². The Kier molecular flexibility index (Phi) is 4.90. The summed E-state index contributed by atoms with van der Waals surface area (Å²) in [6, 6.07) is 5.17. The Morgan fingerprint density at radius 1 is 1.35 bits per heavy atom. The van der Waals surface area contributed by atoms with Crippen LogP contribution in [0.2, 0.25) is 0 Å². The summed E-state index contributed by atoms with van der Waals surface area (Å²) in [5, 5.41) is 3.80. The van der Waals surface area contributed by atoms with Gasteiger partial charge in [0.05, 0.1) is 6.61 Å². The molecule has 1 N–H and O–H groups in total. The van der Waals surface area contributed by atoms with Crippen molar-refractivity contribution in [2.45, 2.75) is 58.5 Å². The Hall–Kier alpha value is -1.55. The van der Waals surface area contributed by atoms with Gasteiger partial charge in [-0.15, -0.1) is 0 Å². The molecule has 2 aliphatic rings. The van der Waals surface area contributed by atoms with E-state index in [4.69, 9.17) is 4.74 Å². The second-order valence-electron chi connectivity index (χ2n) is 6.89. The Bertz CT molecular complexity index is 585. The summed E-state index contributed by atoms with van der Waals surface area (Å²) in [5.74, 6) is 1.33. The lowest BCUT2D eigenvalue weighted by Crippen LogP contribution is -2.37. The maximum absolute atomic E-state index is 11.9. The van der Waals surface area contributed by atoms with E-state index in [1.54, 1.807) is 0 Å². The van der Waals surface area contributed by atoms with E-state index >= 15 is 0 Å². The van der Waals surface area contributed by atoms with Crippen molar-refractivity contribution in [3.05, 3.63) is 28.8 Å². The quantitative estimate of drug-likeness (QED) is 0.931. The molecule has 0 spiro atoms. The zero-order valence-corrected chi connectivity index (χ0v) is 14.5. The predicted molar refractivity (Wildman–Crippen MR) is 91.8 cm³/mol. The number of benzene rings is 1. The Labute approximate surface area is 139 Å². The number of nitrogens with zero attached hydrogens (tertiary/aromatic N) is 1. The van der Waals surface area contributed by atoms with Crippen LogP contribution in [0.5, 0.6) is 5.75 Å². The molecule has 1 saturated heterocycles. The van der Waals surface area contributed by atoms with Gasteiger partial charge in [0.1, 0.15) is 5.75 Å². The van der Waals surface area contributed by atoms with Gasteiger partial charge in [-0.2, -0.15) is 0 Å². The minimum Gasteiger partial charge on any atom is -0.493 e. The maximum atomic E-state index is 11.9. The molecule has 23 heavy (non-hydrogen) atoms. The highest BCUT2D eigenvalue weighted by Gasteiger charge is 2.29. The van der Waals surface area contributed by atoms with Gasteiger partial charge in [-0.3, -0.25) is 4.79 Å². The van der Waals surface area contributed by atoms with E-state index in [1.807, 2.05) is 11.8 Å². The van der Waals surface area contributed by atoms with Crippen molar-refractivity contribution in [1.82, 2.24) is 10.2 Å². The summed E-state index contributed by atoms with van der Waals surface area (Å²) < 4.78 is 6.00. The fourth-order valence-corrected chi connectivity index (χ4v) is 3.86. The van der Waals surface area contributed by atoms with Crippen LogP contribution in [0.1, 0.15) is 55.3 Å². The average molecular weight is 316 g/mol. The van der Waals surface area contributed by atoms with Gasteiger partial charge in [0.2, 0.25) is 5.91 Å². The van der Waals surface area contributed by atoms with Gasteiger partial charge in [0.15, 0.2) is 0 Å². The van der Waals surface area contributed by atoms with Crippen LogP contribution in [0, 0.1) is 13.8 Å². The van der Waals surface area contributed by atoms with E-state index in [0.29, 0.717) is 18.5 Å². The van der Waals surface area contributed by atoms with Gasteiger partial charge in [0, 0.05) is 37.2 Å². The van der Waals surface area contributed by atoms with Crippen molar-refractivity contribution in [2.75, 3.05) is 19.7 Å². The summed E-state index contributed by atoms with van der Waals surface area (Å²) in [4.78, 5) is 13.9. The first-order chi connectivity index (χ1) is 11.1. The van der Waals surface area contributed by atoms with Crippen molar-refractivity contribution in [3.8, 4) is 5.75 Å². The van der Waals surface area contributed by atoms with Gasteiger partial charge in [-0.1, -0.05) is 24.6 Å². The largest absolute Gasteiger partial charge is 0.493 e. The lowest BCUT2D eigenvalue weighted by molar-refractivity contribution is -0.129. The van der Waals surface area contributed by atoms with Crippen LogP contribution in [-0.4, -0.2) is 36.5 Å². The predicted octanol–water partition coefficient (Wildman–Crippen LogP) is 3.12. The molecule has 126 valence electrons. The summed E-state index contributed by atoms with van der Waals surface area (Å²) >= 11 is 0. The summed E-state index contributed by atoms with van der Waals surface area (Å²) in [6.07, 6.45) is 3.80. The summed E-state index contributed by atoms with van der Waals surface area (Å²) in [7, 11) is 0. The van der Waals surface area contributed by atoms with E-state index in [1.165, 1.54) is 16.7 Å². The zero-order chi connectivity index (χ0) is 16.4. The molecule has 0 radical (unpaired) electrons. The van der Waals surface area contributed by atoms with Crippen LogP contribution in [-0.2, 0) is 4.79 Å². The molecular weight excluding hydrogens is 288 g/mol. The molecule has 2 atom stereocenters. The minimum atomic E-state index is 0.269. The number of hydrogen-bond donors (Lipinski definition) is 1. The number of ether oxygens (including phenoxy) is 1. The van der Waals surface area contributed by atoms with Crippen LogP contribution < -0.4 is 10.1 Å². The van der Waals surface area contributed by atoms with Crippen molar-refractivity contribution in [2.24, 2.45) is 0 Å². The molecule has 3 rings (SSSR count). The molecule has 1 aromatic carbocycles. The van der Waals surface area contributed by atoms with E-state index < -0.39 is 0 Å². The van der Waals surface area contributed by atoms with Crippen molar-refractivity contribution >= 4 is 5.91 Å². The third-order valence-electron chi connectivity index (χ3n) is 4.99. The van der Waals surface area contributed by atoms with Gasteiger partial charge in [-0.05, 0) is 38.7 Å². The van der Waals surface area contributed by atoms with Crippen LogP contribution in [0.4, 0.5) is 0 Å². The highest BCUT2D eigenvalue weighted by molar-refractivity contribution is 5.76. The second-order valence-corrected chi connectivity index (χ2v) is 6.89. The van der Waals surface area contributed by atoms with Crippen LogP contribution in [0.25, 0.3) is 0 Å². The first kappa shape index (κ1) is 16.3. The van der Waals surface area contributed by atoms with Gasteiger partial charge >= 0.3 is 0 Å². The topological polar surface area (TPSA) is 41.6 Å². The molecule has 2 heterocycles. The molecule has 0 bridgehead atoms. The average Bonchev–Trinajstić information content (AvgIpc) is 2.90. The molecule has 1 amide bonds.